The number of hydrogen-bond donors (Lipinski definition) is 0. The average molecular weight is 582 g/mol. The van der Waals surface area contributed by atoms with Gasteiger partial charge in [0.25, 0.3) is 0 Å². The fraction of sp³-hybridized carbons (Fsp3) is 0.227. The molecule has 1 nitrogen and oxygen atoms in total. The molecular weight excluding hydrogens is 542 g/mol. The molecule has 0 saturated heterocycles. The van der Waals surface area contributed by atoms with Gasteiger partial charge in [0.2, 0.25) is 0 Å². The zero-order valence-electron chi connectivity index (χ0n) is 25.9. The molecule has 45 heavy (non-hydrogen) atoms. The summed E-state index contributed by atoms with van der Waals surface area (Å²) in [4.78, 5) is 2.44. The van der Waals surface area contributed by atoms with Gasteiger partial charge < -0.3 is 4.90 Å². The Labute approximate surface area is 267 Å². The van der Waals surface area contributed by atoms with Gasteiger partial charge in [0.1, 0.15) is 0 Å². The summed E-state index contributed by atoms with van der Waals surface area (Å²) in [5.74, 6) is 3.56. The van der Waals surface area contributed by atoms with E-state index in [0.717, 1.165) is 35.0 Å². The maximum absolute atomic E-state index is 2.51. The molecule has 6 aromatic rings. The van der Waals surface area contributed by atoms with Gasteiger partial charge >= 0.3 is 0 Å². The Morgan fingerprint density at radius 2 is 1.18 bits per heavy atom. The first kappa shape index (κ1) is 26.8. The molecule has 0 radical (unpaired) electrons. The summed E-state index contributed by atoms with van der Waals surface area (Å²) in [7, 11) is 0. The minimum Gasteiger partial charge on any atom is -0.310 e. The van der Waals surface area contributed by atoms with Crippen LogP contribution in [0.4, 0.5) is 17.1 Å². The summed E-state index contributed by atoms with van der Waals surface area (Å²) in [6, 6.07) is 53.7. The molecule has 0 N–H and O–H groups in total. The Morgan fingerprint density at radius 3 is 1.96 bits per heavy atom. The number of anilines is 3. The van der Waals surface area contributed by atoms with Crippen LogP contribution >= 0.6 is 0 Å². The predicted molar refractivity (Wildman–Crippen MR) is 189 cm³/mol. The van der Waals surface area contributed by atoms with Crippen LogP contribution in [0.2, 0.25) is 0 Å². The second-order valence-electron chi connectivity index (χ2n) is 14.0. The number of para-hydroxylation sites is 2. The summed E-state index contributed by atoms with van der Waals surface area (Å²) >= 11 is 0. The van der Waals surface area contributed by atoms with E-state index in [-0.39, 0.29) is 0 Å². The lowest BCUT2D eigenvalue weighted by atomic mass is 9.34. The van der Waals surface area contributed by atoms with Gasteiger partial charge in [-0.15, -0.1) is 0 Å². The topological polar surface area (TPSA) is 3.24 Å². The molecule has 3 saturated carbocycles. The van der Waals surface area contributed by atoms with E-state index in [0.29, 0.717) is 5.41 Å². The smallest absolute Gasteiger partial charge is 0.0540 e. The van der Waals surface area contributed by atoms with Crippen LogP contribution in [0.25, 0.3) is 33.0 Å². The summed E-state index contributed by atoms with van der Waals surface area (Å²) < 4.78 is 0. The Bertz CT molecular complexity index is 1990. The number of fused-ring (bicyclic) bond motifs is 1. The van der Waals surface area contributed by atoms with E-state index >= 15 is 0 Å². The SMILES string of the molecule is CC1CC2CC3CC(c4cccc5cccc(-c6ccccc6N(c6ccccc6)c6ccc(-c7ccccc7)cc6)c45)(C1)C23. The van der Waals surface area contributed by atoms with E-state index in [1.165, 1.54) is 64.4 Å². The first-order valence-electron chi connectivity index (χ1n) is 16.8. The number of nitrogens with zero attached hydrogens (tertiary/aromatic N) is 1. The van der Waals surface area contributed by atoms with Gasteiger partial charge in [0.05, 0.1) is 5.69 Å². The van der Waals surface area contributed by atoms with Crippen molar-refractivity contribution in [3.8, 4) is 22.3 Å². The van der Waals surface area contributed by atoms with E-state index in [1.54, 1.807) is 5.56 Å². The Balaban J connectivity index is 1.22. The molecule has 3 aliphatic rings. The summed E-state index contributed by atoms with van der Waals surface area (Å²) in [6.45, 7) is 2.51. The zero-order chi connectivity index (χ0) is 30.0. The van der Waals surface area contributed by atoms with Crippen LogP contribution in [0.1, 0.15) is 38.2 Å². The summed E-state index contributed by atoms with van der Waals surface area (Å²) in [6.07, 6.45) is 5.60. The molecular formula is C44H39N. The van der Waals surface area contributed by atoms with Crippen molar-refractivity contribution in [1.82, 2.24) is 0 Å². The number of hydrogen-bond acceptors (Lipinski definition) is 1. The highest BCUT2D eigenvalue weighted by Crippen LogP contribution is 2.72. The van der Waals surface area contributed by atoms with Gasteiger partial charge in [-0.1, -0.05) is 122 Å². The third-order valence-electron chi connectivity index (χ3n) is 11.4. The fourth-order valence-corrected chi connectivity index (χ4v) is 9.83. The van der Waals surface area contributed by atoms with Crippen molar-refractivity contribution in [2.24, 2.45) is 23.7 Å². The number of rotatable bonds is 6. The van der Waals surface area contributed by atoms with Crippen LogP contribution in [0.15, 0.2) is 146 Å². The molecule has 3 aliphatic carbocycles. The van der Waals surface area contributed by atoms with Gasteiger partial charge in [0.15, 0.2) is 0 Å². The molecule has 0 aliphatic heterocycles. The average Bonchev–Trinajstić information content (AvgIpc) is 3.07. The molecule has 3 fully saturated rings. The van der Waals surface area contributed by atoms with E-state index in [4.69, 9.17) is 0 Å². The van der Waals surface area contributed by atoms with Crippen molar-refractivity contribution in [2.75, 3.05) is 4.90 Å². The quantitative estimate of drug-likeness (QED) is 0.189. The van der Waals surface area contributed by atoms with Gasteiger partial charge in [-0.3, -0.25) is 0 Å². The maximum atomic E-state index is 2.51. The van der Waals surface area contributed by atoms with Gasteiger partial charge in [-0.2, -0.15) is 0 Å². The second kappa shape index (κ2) is 10.5. The lowest BCUT2D eigenvalue weighted by Gasteiger charge is -2.70. The minimum absolute atomic E-state index is 0.336. The van der Waals surface area contributed by atoms with Crippen LogP contribution in [-0.4, -0.2) is 0 Å². The molecule has 1 heteroatoms. The van der Waals surface area contributed by atoms with E-state index < -0.39 is 0 Å². The molecule has 0 amide bonds. The van der Waals surface area contributed by atoms with Crippen molar-refractivity contribution in [3.63, 3.8) is 0 Å². The largest absolute Gasteiger partial charge is 0.310 e. The van der Waals surface area contributed by atoms with E-state index in [9.17, 15) is 0 Å². The highest BCUT2D eigenvalue weighted by Gasteiger charge is 2.65. The first-order valence-corrected chi connectivity index (χ1v) is 16.8. The lowest BCUT2D eigenvalue weighted by molar-refractivity contribution is -0.158. The lowest BCUT2D eigenvalue weighted by Crippen LogP contribution is -2.65. The summed E-state index contributed by atoms with van der Waals surface area (Å²) in [5, 5.41) is 2.84. The standard InChI is InChI=1S/C44H39N/c1-30-26-34-27-35-29-44(28-30,43(34)35)40-20-11-15-33-14-10-19-39(42(33)40)38-18-8-9-21-41(38)45(36-16-6-3-7-17-36)37-24-22-32(23-25-37)31-12-4-2-5-13-31/h2-25,30,34-35,43H,26-29H2,1H3. The van der Waals surface area contributed by atoms with Crippen molar-refractivity contribution in [3.05, 3.63) is 151 Å². The molecule has 5 unspecified atom stereocenters. The Hall–Kier alpha value is -4.62. The van der Waals surface area contributed by atoms with E-state index in [2.05, 4.69) is 157 Å². The zero-order valence-corrected chi connectivity index (χ0v) is 25.9. The van der Waals surface area contributed by atoms with Crippen LogP contribution in [0.5, 0.6) is 0 Å². The predicted octanol–water partition coefficient (Wildman–Crippen LogP) is 12.0. The fourth-order valence-electron chi connectivity index (χ4n) is 9.83. The molecule has 0 heterocycles. The van der Waals surface area contributed by atoms with Crippen molar-refractivity contribution < 1.29 is 0 Å². The Kier molecular flexibility index (Phi) is 6.23. The second-order valence-corrected chi connectivity index (χ2v) is 14.0. The van der Waals surface area contributed by atoms with Crippen LogP contribution < -0.4 is 4.90 Å². The number of benzene rings is 6. The molecule has 5 atom stereocenters. The Morgan fingerprint density at radius 1 is 0.533 bits per heavy atom. The third-order valence-corrected chi connectivity index (χ3v) is 11.4. The van der Waals surface area contributed by atoms with Crippen LogP contribution in [-0.2, 0) is 5.41 Å². The maximum Gasteiger partial charge on any atom is 0.0540 e. The summed E-state index contributed by atoms with van der Waals surface area (Å²) in [5.41, 5.74) is 10.6. The van der Waals surface area contributed by atoms with Crippen LogP contribution in [0, 0.1) is 23.7 Å². The van der Waals surface area contributed by atoms with Crippen LogP contribution in [0.3, 0.4) is 0 Å². The normalized spacial score (nSPS) is 24.7. The van der Waals surface area contributed by atoms with Gasteiger partial charge in [-0.05, 0) is 118 Å². The monoisotopic (exact) mass is 581 g/mol. The third kappa shape index (κ3) is 4.21. The minimum atomic E-state index is 0.336. The highest BCUT2D eigenvalue weighted by molar-refractivity contribution is 6.03. The van der Waals surface area contributed by atoms with Gasteiger partial charge in [-0.25, -0.2) is 0 Å². The molecule has 9 rings (SSSR count). The molecule has 0 aromatic heterocycles. The molecule has 220 valence electrons. The van der Waals surface area contributed by atoms with Crippen molar-refractivity contribution >= 4 is 27.8 Å². The first-order chi connectivity index (χ1) is 22.2. The van der Waals surface area contributed by atoms with E-state index in [1.807, 2.05) is 0 Å². The highest BCUT2D eigenvalue weighted by atomic mass is 15.1. The van der Waals surface area contributed by atoms with Crippen molar-refractivity contribution in [1.29, 1.82) is 0 Å². The molecule has 0 bridgehead atoms. The molecule has 0 spiro atoms. The van der Waals surface area contributed by atoms with Gasteiger partial charge in [0, 0.05) is 16.9 Å². The van der Waals surface area contributed by atoms with Crippen molar-refractivity contribution in [2.45, 2.75) is 38.0 Å². The molecule has 6 aromatic carbocycles.